The minimum Gasteiger partial charge on any atom is -0.497 e. The number of nitrogens with zero attached hydrogens (tertiary/aromatic N) is 4. The van der Waals surface area contributed by atoms with Gasteiger partial charge in [-0.25, -0.2) is 10.2 Å². The number of hydrazone groups is 1. The third kappa shape index (κ3) is 4.29. The van der Waals surface area contributed by atoms with Gasteiger partial charge in [0.2, 0.25) is 5.95 Å². The van der Waals surface area contributed by atoms with Crippen LogP contribution in [-0.4, -0.2) is 32.4 Å². The van der Waals surface area contributed by atoms with Gasteiger partial charge >= 0.3 is 5.69 Å². The monoisotopic (exact) mass is 482 g/mol. The van der Waals surface area contributed by atoms with E-state index in [4.69, 9.17) is 4.74 Å². The molecule has 9 nitrogen and oxygen atoms in total. The van der Waals surface area contributed by atoms with Gasteiger partial charge in [-0.2, -0.15) is 10.1 Å². The lowest BCUT2D eigenvalue weighted by Crippen LogP contribution is -2.29. The second-order valence-electron chi connectivity index (χ2n) is 6.78. The Labute approximate surface area is 185 Å². The third-order valence-corrected chi connectivity index (χ3v) is 5.28. The Bertz CT molecular complexity index is 1370. The van der Waals surface area contributed by atoms with Crippen LogP contribution in [0, 0.1) is 0 Å². The predicted molar refractivity (Wildman–Crippen MR) is 123 cm³/mol. The van der Waals surface area contributed by atoms with Crippen LogP contribution in [0.1, 0.15) is 11.1 Å². The zero-order valence-electron chi connectivity index (χ0n) is 16.8. The van der Waals surface area contributed by atoms with Crippen LogP contribution in [0.4, 0.5) is 5.95 Å². The number of H-pyrrole nitrogens is 1. The Morgan fingerprint density at radius 3 is 2.55 bits per heavy atom. The predicted octanol–water partition coefficient (Wildman–Crippen LogP) is 2.69. The summed E-state index contributed by atoms with van der Waals surface area (Å²) < 4.78 is 9.10. The van der Waals surface area contributed by atoms with Crippen LogP contribution < -0.4 is 21.4 Å². The highest BCUT2D eigenvalue weighted by Crippen LogP contribution is 2.19. The lowest BCUT2D eigenvalue weighted by atomic mass is 10.2. The van der Waals surface area contributed by atoms with Crippen LogP contribution in [0.5, 0.6) is 5.75 Å². The van der Waals surface area contributed by atoms with E-state index in [1.54, 1.807) is 24.9 Å². The summed E-state index contributed by atoms with van der Waals surface area (Å²) in [5.74, 6) is 1.09. The molecule has 0 bridgehead atoms. The summed E-state index contributed by atoms with van der Waals surface area (Å²) >= 11 is 3.42. The molecule has 2 aromatic heterocycles. The molecular weight excluding hydrogens is 464 g/mol. The average molecular weight is 483 g/mol. The molecule has 0 aliphatic rings. The van der Waals surface area contributed by atoms with Gasteiger partial charge in [-0.3, -0.25) is 18.9 Å². The van der Waals surface area contributed by atoms with Crippen molar-refractivity contribution in [2.75, 3.05) is 12.5 Å². The topological polar surface area (TPSA) is 106 Å². The summed E-state index contributed by atoms with van der Waals surface area (Å²) in [6.45, 7) is 0.367. The van der Waals surface area contributed by atoms with Crippen molar-refractivity contribution < 1.29 is 4.74 Å². The summed E-state index contributed by atoms with van der Waals surface area (Å²) in [7, 11) is 3.16. The van der Waals surface area contributed by atoms with Crippen LogP contribution in [0.15, 0.2) is 67.7 Å². The van der Waals surface area contributed by atoms with Crippen LogP contribution >= 0.6 is 15.9 Å². The van der Waals surface area contributed by atoms with Gasteiger partial charge in [0.15, 0.2) is 11.2 Å². The maximum Gasteiger partial charge on any atom is 0.329 e. The molecule has 0 atom stereocenters. The summed E-state index contributed by atoms with van der Waals surface area (Å²) in [5, 5.41) is 4.25. The zero-order chi connectivity index (χ0) is 22.0. The first-order valence-electron chi connectivity index (χ1n) is 9.33. The van der Waals surface area contributed by atoms with Crippen molar-refractivity contribution in [2.24, 2.45) is 12.1 Å². The molecule has 2 aromatic carbocycles. The first kappa shape index (κ1) is 20.6. The van der Waals surface area contributed by atoms with Crippen molar-refractivity contribution in [1.29, 1.82) is 0 Å². The minimum absolute atomic E-state index is 0.271. The van der Waals surface area contributed by atoms with Gasteiger partial charge in [-0.05, 0) is 47.5 Å². The molecule has 31 heavy (non-hydrogen) atoms. The Hall–Kier alpha value is -3.66. The van der Waals surface area contributed by atoms with E-state index >= 15 is 0 Å². The third-order valence-electron chi connectivity index (χ3n) is 4.75. The van der Waals surface area contributed by atoms with Crippen molar-refractivity contribution in [1.82, 2.24) is 19.1 Å². The molecule has 0 saturated carbocycles. The van der Waals surface area contributed by atoms with E-state index in [9.17, 15) is 9.59 Å². The van der Waals surface area contributed by atoms with E-state index in [0.717, 1.165) is 21.3 Å². The fraction of sp³-hybridized carbons (Fsp3) is 0.143. The van der Waals surface area contributed by atoms with Gasteiger partial charge in [-0.15, -0.1) is 0 Å². The van der Waals surface area contributed by atoms with Crippen LogP contribution in [0.3, 0.4) is 0 Å². The van der Waals surface area contributed by atoms with Crippen LogP contribution in [-0.2, 0) is 13.6 Å². The van der Waals surface area contributed by atoms with Gasteiger partial charge in [0.05, 0.1) is 19.9 Å². The van der Waals surface area contributed by atoms with Gasteiger partial charge in [0, 0.05) is 11.5 Å². The number of ether oxygens (including phenoxy) is 1. The molecule has 0 saturated heterocycles. The standard InChI is InChI=1S/C21H19BrN6O3/c1-27-18-17(19(29)25-21(27)30)28(12-14-3-7-15(22)8-4-14)20(24-18)26-23-11-13-5-9-16(31-2)10-6-13/h3-11H,12H2,1-2H3,(H,24,26)(H,25,29,30)/b23-11+. The zero-order valence-corrected chi connectivity index (χ0v) is 18.4. The van der Waals surface area contributed by atoms with Gasteiger partial charge < -0.3 is 4.74 Å². The maximum atomic E-state index is 12.6. The van der Waals surface area contributed by atoms with Crippen LogP contribution in [0.2, 0.25) is 0 Å². The molecule has 2 N–H and O–H groups in total. The summed E-state index contributed by atoms with van der Waals surface area (Å²) in [5.41, 5.74) is 4.23. The summed E-state index contributed by atoms with van der Waals surface area (Å²) in [6.07, 6.45) is 1.63. The molecular formula is C21H19BrN6O3. The Balaban J connectivity index is 1.73. The Morgan fingerprint density at radius 2 is 1.87 bits per heavy atom. The fourth-order valence-corrected chi connectivity index (χ4v) is 3.37. The lowest BCUT2D eigenvalue weighted by molar-refractivity contribution is 0.415. The fourth-order valence-electron chi connectivity index (χ4n) is 3.10. The second-order valence-corrected chi connectivity index (χ2v) is 7.70. The normalized spacial score (nSPS) is 11.3. The van der Waals surface area contributed by atoms with Crippen molar-refractivity contribution in [3.8, 4) is 5.75 Å². The quantitative estimate of drug-likeness (QED) is 0.324. The molecule has 0 radical (unpaired) electrons. The highest BCUT2D eigenvalue weighted by Gasteiger charge is 2.17. The number of imidazole rings is 1. The number of anilines is 1. The highest BCUT2D eigenvalue weighted by atomic mass is 79.9. The van der Waals surface area contributed by atoms with Crippen LogP contribution in [0.25, 0.3) is 11.2 Å². The molecule has 4 rings (SSSR count). The SMILES string of the molecule is COc1ccc(/C=N/Nc2nc3c(c(=O)[nH]c(=O)n3C)n2Cc2ccc(Br)cc2)cc1. The molecule has 0 fully saturated rings. The molecule has 0 spiro atoms. The highest BCUT2D eigenvalue weighted by molar-refractivity contribution is 9.10. The molecule has 0 amide bonds. The molecule has 0 aliphatic heterocycles. The van der Waals surface area contributed by atoms with E-state index in [1.807, 2.05) is 48.5 Å². The molecule has 158 valence electrons. The van der Waals surface area contributed by atoms with Gasteiger partial charge in [0.1, 0.15) is 5.75 Å². The average Bonchev–Trinajstić information content (AvgIpc) is 3.13. The van der Waals surface area contributed by atoms with Crippen molar-refractivity contribution >= 4 is 39.3 Å². The Morgan fingerprint density at radius 1 is 1.16 bits per heavy atom. The van der Waals surface area contributed by atoms with Gasteiger partial charge in [0.25, 0.3) is 5.56 Å². The first-order valence-corrected chi connectivity index (χ1v) is 10.1. The second kappa shape index (κ2) is 8.60. The lowest BCUT2D eigenvalue weighted by Gasteiger charge is -2.08. The largest absolute Gasteiger partial charge is 0.497 e. The maximum absolute atomic E-state index is 12.6. The molecule has 2 heterocycles. The van der Waals surface area contributed by atoms with Gasteiger partial charge in [-0.1, -0.05) is 28.1 Å². The van der Waals surface area contributed by atoms with Crippen molar-refractivity contribution in [2.45, 2.75) is 6.54 Å². The molecule has 0 aliphatic carbocycles. The van der Waals surface area contributed by atoms with E-state index < -0.39 is 11.2 Å². The number of hydrogen-bond acceptors (Lipinski definition) is 6. The molecule has 0 unspecified atom stereocenters. The summed E-state index contributed by atoms with van der Waals surface area (Å²) in [4.78, 5) is 31.4. The summed E-state index contributed by atoms with van der Waals surface area (Å²) in [6, 6.07) is 15.1. The number of hydrogen-bond donors (Lipinski definition) is 2. The Kier molecular flexibility index (Phi) is 5.72. The molecule has 10 heteroatoms. The number of halogens is 1. The molecule has 4 aromatic rings. The smallest absolute Gasteiger partial charge is 0.329 e. The number of benzene rings is 2. The minimum atomic E-state index is -0.529. The van der Waals surface area contributed by atoms with E-state index in [-0.39, 0.29) is 11.2 Å². The van der Waals surface area contributed by atoms with E-state index in [2.05, 4.69) is 36.4 Å². The number of fused-ring (bicyclic) bond motifs is 1. The van der Waals surface area contributed by atoms with Crippen molar-refractivity contribution in [3.05, 3.63) is 85.0 Å². The number of methoxy groups -OCH3 is 1. The number of rotatable bonds is 6. The number of aryl methyl sites for hydroxylation is 1. The number of nitrogens with one attached hydrogen (secondary N) is 2. The first-order chi connectivity index (χ1) is 15.0. The number of aromatic amines is 1. The number of aromatic nitrogens is 4. The van der Waals surface area contributed by atoms with Crippen molar-refractivity contribution in [3.63, 3.8) is 0 Å². The van der Waals surface area contributed by atoms with E-state index in [1.165, 1.54) is 4.57 Å². The van der Waals surface area contributed by atoms with E-state index in [0.29, 0.717) is 12.5 Å².